The Balaban J connectivity index is 0.00000180. The van der Waals surface area contributed by atoms with Crippen LogP contribution in [0, 0.1) is 0 Å². The first kappa shape index (κ1) is 16.5. The minimum absolute atomic E-state index is 0. The molecule has 0 aliphatic heterocycles. The third kappa shape index (κ3) is 4.79. The van der Waals surface area contributed by atoms with Crippen LogP contribution in [0.1, 0.15) is 53.2 Å². The van der Waals surface area contributed by atoms with Crippen molar-refractivity contribution >= 4 is 29.7 Å². The van der Waals surface area contributed by atoms with Crippen molar-refractivity contribution in [1.29, 1.82) is 0 Å². The van der Waals surface area contributed by atoms with Crippen molar-refractivity contribution in [3.63, 3.8) is 0 Å². The van der Waals surface area contributed by atoms with Crippen LogP contribution >= 0.6 is 23.7 Å². The molecule has 1 heterocycles. The Morgan fingerprint density at radius 2 is 2.05 bits per heavy atom. The second-order valence-corrected chi connectivity index (χ2v) is 6.93. The maximum Gasteiger partial charge on any atom is 0.261 e. The molecule has 0 atom stereocenters. The van der Waals surface area contributed by atoms with Gasteiger partial charge >= 0.3 is 0 Å². The zero-order chi connectivity index (χ0) is 13.2. The van der Waals surface area contributed by atoms with Crippen LogP contribution in [0.2, 0.25) is 0 Å². The number of carbonyl (C=O) groups is 1. The van der Waals surface area contributed by atoms with Gasteiger partial charge in [0.1, 0.15) is 0 Å². The van der Waals surface area contributed by atoms with Crippen LogP contribution in [0.25, 0.3) is 0 Å². The highest BCUT2D eigenvalue weighted by Gasteiger charge is 2.18. The van der Waals surface area contributed by atoms with E-state index in [1.807, 2.05) is 13.8 Å². The quantitative estimate of drug-likeness (QED) is 0.844. The minimum atomic E-state index is -0.357. The summed E-state index contributed by atoms with van der Waals surface area (Å²) >= 11 is 1.65. The van der Waals surface area contributed by atoms with Gasteiger partial charge in [-0.2, -0.15) is 0 Å². The van der Waals surface area contributed by atoms with Gasteiger partial charge in [-0.3, -0.25) is 4.79 Å². The van der Waals surface area contributed by atoms with Crippen LogP contribution in [-0.2, 0) is 12.8 Å². The minimum Gasteiger partial charge on any atom is -0.350 e. The molecule has 1 aromatic heterocycles. The van der Waals surface area contributed by atoms with Crippen molar-refractivity contribution in [1.82, 2.24) is 5.32 Å². The summed E-state index contributed by atoms with van der Waals surface area (Å²) < 4.78 is 0. The molecule has 0 saturated heterocycles. The molecule has 0 unspecified atom stereocenters. The average molecular weight is 303 g/mol. The fraction of sp³-hybridized carbons (Fsp3) is 0.643. The molecule has 0 spiro atoms. The molecule has 0 aromatic carbocycles. The summed E-state index contributed by atoms with van der Waals surface area (Å²) in [6.07, 6.45) is 6.08. The molecule has 1 aliphatic carbocycles. The summed E-state index contributed by atoms with van der Waals surface area (Å²) in [6, 6.07) is 2.07. The van der Waals surface area contributed by atoms with E-state index in [0.717, 1.165) is 17.7 Å². The van der Waals surface area contributed by atoms with Gasteiger partial charge in [-0.05, 0) is 51.2 Å². The highest BCUT2D eigenvalue weighted by Crippen LogP contribution is 2.28. The van der Waals surface area contributed by atoms with Gasteiger partial charge in [0.05, 0.1) is 4.88 Å². The van der Waals surface area contributed by atoms with Gasteiger partial charge in [-0.1, -0.05) is 6.42 Å². The number of carbonyl (C=O) groups excluding carboxylic acids is 1. The van der Waals surface area contributed by atoms with E-state index in [2.05, 4.69) is 11.4 Å². The molecule has 0 bridgehead atoms. The van der Waals surface area contributed by atoms with Crippen LogP contribution in [0.4, 0.5) is 0 Å². The number of nitrogens with two attached hydrogens (primary N) is 1. The molecule has 3 nitrogen and oxygen atoms in total. The molecule has 1 amide bonds. The van der Waals surface area contributed by atoms with E-state index in [4.69, 9.17) is 5.73 Å². The Labute approximate surface area is 125 Å². The lowest BCUT2D eigenvalue weighted by atomic mass is 10.1. The average Bonchev–Trinajstić information content (AvgIpc) is 2.57. The lowest BCUT2D eigenvalue weighted by Crippen LogP contribution is -2.44. The molecule has 0 radical (unpaired) electrons. The van der Waals surface area contributed by atoms with E-state index in [1.165, 1.54) is 29.7 Å². The molecule has 0 saturated carbocycles. The van der Waals surface area contributed by atoms with Gasteiger partial charge in [-0.15, -0.1) is 23.7 Å². The van der Waals surface area contributed by atoms with Gasteiger partial charge in [0.2, 0.25) is 0 Å². The largest absolute Gasteiger partial charge is 0.350 e. The number of hydrogen-bond acceptors (Lipinski definition) is 3. The predicted octanol–water partition coefficient (Wildman–Crippen LogP) is 2.91. The van der Waals surface area contributed by atoms with Crippen LogP contribution < -0.4 is 11.1 Å². The first-order chi connectivity index (χ1) is 8.46. The van der Waals surface area contributed by atoms with Gasteiger partial charge < -0.3 is 11.1 Å². The summed E-state index contributed by atoms with van der Waals surface area (Å²) in [5.74, 6) is 0.0200. The van der Waals surface area contributed by atoms with Crippen molar-refractivity contribution < 1.29 is 4.79 Å². The summed E-state index contributed by atoms with van der Waals surface area (Å²) in [6.45, 7) is 4.34. The Bertz CT molecular complexity index is 414. The number of thiophene rings is 1. The monoisotopic (exact) mass is 302 g/mol. The highest BCUT2D eigenvalue weighted by atomic mass is 35.5. The van der Waals surface area contributed by atoms with E-state index < -0.39 is 0 Å². The Kier molecular flexibility index (Phi) is 5.83. The number of halogens is 1. The molecule has 1 aromatic rings. The van der Waals surface area contributed by atoms with Crippen molar-refractivity contribution in [2.75, 3.05) is 6.54 Å². The first-order valence-electron chi connectivity index (χ1n) is 6.64. The van der Waals surface area contributed by atoms with E-state index in [9.17, 15) is 4.79 Å². The molecular weight excluding hydrogens is 280 g/mol. The van der Waals surface area contributed by atoms with Gasteiger partial charge in [0, 0.05) is 17.0 Å². The van der Waals surface area contributed by atoms with Crippen molar-refractivity contribution in [2.24, 2.45) is 5.73 Å². The predicted molar refractivity (Wildman–Crippen MR) is 83.4 cm³/mol. The number of nitrogens with one attached hydrogen (secondary N) is 1. The first-order valence-corrected chi connectivity index (χ1v) is 7.46. The molecule has 1 aliphatic rings. The zero-order valence-electron chi connectivity index (χ0n) is 11.6. The molecule has 19 heavy (non-hydrogen) atoms. The lowest BCUT2D eigenvalue weighted by molar-refractivity contribution is 0.0950. The van der Waals surface area contributed by atoms with E-state index >= 15 is 0 Å². The Morgan fingerprint density at radius 1 is 1.37 bits per heavy atom. The second kappa shape index (κ2) is 6.73. The molecule has 5 heteroatoms. The Hall–Kier alpha value is -0.580. The SMILES string of the molecule is CC(C)(N)CNC(=O)c1cc2c(s1)CCCCC2.Cl. The smallest absolute Gasteiger partial charge is 0.261 e. The van der Waals surface area contributed by atoms with Gasteiger partial charge in [0.15, 0.2) is 0 Å². The maximum absolute atomic E-state index is 12.0. The highest BCUT2D eigenvalue weighted by molar-refractivity contribution is 7.14. The number of fused-ring (bicyclic) bond motifs is 1. The third-order valence-corrected chi connectivity index (χ3v) is 4.41. The number of rotatable bonds is 3. The van der Waals surface area contributed by atoms with E-state index in [0.29, 0.717) is 6.54 Å². The molecule has 108 valence electrons. The number of amides is 1. The zero-order valence-corrected chi connectivity index (χ0v) is 13.3. The van der Waals surface area contributed by atoms with Gasteiger partial charge in [-0.25, -0.2) is 0 Å². The van der Waals surface area contributed by atoms with Crippen molar-refractivity contribution in [3.05, 3.63) is 21.4 Å². The lowest BCUT2D eigenvalue weighted by Gasteiger charge is -2.18. The van der Waals surface area contributed by atoms with Crippen LogP contribution in [0.5, 0.6) is 0 Å². The van der Waals surface area contributed by atoms with Gasteiger partial charge in [0.25, 0.3) is 5.91 Å². The summed E-state index contributed by atoms with van der Waals surface area (Å²) in [4.78, 5) is 14.3. The molecule has 2 rings (SSSR count). The van der Waals surface area contributed by atoms with Crippen LogP contribution in [0.15, 0.2) is 6.07 Å². The van der Waals surface area contributed by atoms with Crippen molar-refractivity contribution in [2.45, 2.75) is 51.5 Å². The second-order valence-electron chi connectivity index (χ2n) is 5.79. The third-order valence-electron chi connectivity index (χ3n) is 3.17. The Morgan fingerprint density at radius 3 is 2.74 bits per heavy atom. The summed E-state index contributed by atoms with van der Waals surface area (Å²) in [5, 5.41) is 2.91. The number of hydrogen-bond donors (Lipinski definition) is 2. The summed E-state index contributed by atoms with van der Waals surface area (Å²) in [7, 11) is 0. The van der Waals surface area contributed by atoms with Crippen LogP contribution in [-0.4, -0.2) is 18.0 Å². The van der Waals surface area contributed by atoms with E-state index in [-0.39, 0.29) is 23.9 Å². The van der Waals surface area contributed by atoms with Crippen LogP contribution in [0.3, 0.4) is 0 Å². The van der Waals surface area contributed by atoms with Crippen molar-refractivity contribution in [3.8, 4) is 0 Å². The van der Waals surface area contributed by atoms with E-state index in [1.54, 1.807) is 11.3 Å². The molecule has 0 fully saturated rings. The fourth-order valence-electron chi connectivity index (χ4n) is 2.17. The number of aryl methyl sites for hydroxylation is 2. The standard InChI is InChI=1S/C14H22N2OS.ClH/c1-14(2,15)9-16-13(17)12-8-10-6-4-3-5-7-11(10)18-12;/h8H,3-7,9,15H2,1-2H3,(H,16,17);1H. The molecular formula is C14H23ClN2OS. The maximum atomic E-state index is 12.0. The summed E-state index contributed by atoms with van der Waals surface area (Å²) in [5.41, 5.74) is 6.90. The fourth-order valence-corrected chi connectivity index (χ4v) is 3.34. The molecule has 3 N–H and O–H groups in total. The topological polar surface area (TPSA) is 55.1 Å². The normalized spacial score (nSPS) is 15.1.